The average molecular weight is 278 g/mol. The first-order chi connectivity index (χ1) is 7.94. The highest BCUT2D eigenvalue weighted by molar-refractivity contribution is 7.90. The number of rotatable bonds is 6. The van der Waals surface area contributed by atoms with Crippen LogP contribution in [0, 0.1) is 0 Å². The Kier molecular flexibility index (Phi) is 5.39. The summed E-state index contributed by atoms with van der Waals surface area (Å²) in [6, 6.07) is 6.28. The number of sulfone groups is 1. The zero-order chi connectivity index (χ0) is 12.9. The maximum Gasteiger partial charge on any atom is 0.156 e. The highest BCUT2D eigenvalue weighted by atomic mass is 35.5. The van der Waals surface area contributed by atoms with E-state index in [1.807, 2.05) is 0 Å². The molecule has 6 heteroatoms. The van der Waals surface area contributed by atoms with Crippen molar-refractivity contribution in [3.05, 3.63) is 34.9 Å². The Bertz CT molecular complexity index is 462. The molecule has 0 radical (unpaired) electrons. The molecule has 1 rings (SSSR count). The number of aliphatic hydroxyl groups excluding tert-OH is 1. The Labute approximate surface area is 106 Å². The van der Waals surface area contributed by atoms with Gasteiger partial charge in [0.2, 0.25) is 0 Å². The van der Waals surface area contributed by atoms with E-state index in [9.17, 15) is 8.42 Å². The first-order valence-corrected chi connectivity index (χ1v) is 7.45. The number of halogens is 1. The molecule has 1 aromatic rings. The van der Waals surface area contributed by atoms with Crippen molar-refractivity contribution in [1.82, 2.24) is 0 Å². The molecule has 17 heavy (non-hydrogen) atoms. The smallest absolute Gasteiger partial charge is 0.156 e. The first-order valence-electron chi connectivity index (χ1n) is 5.25. The summed E-state index contributed by atoms with van der Waals surface area (Å²) in [6.07, 6.45) is 0.280. The van der Waals surface area contributed by atoms with Gasteiger partial charge in [-0.3, -0.25) is 0 Å². The normalized spacial score (nSPS) is 13.6. The largest absolute Gasteiger partial charge is 0.396 e. The van der Waals surface area contributed by atoms with Gasteiger partial charge >= 0.3 is 0 Å². The molecular formula is C11H16ClNO3S. The van der Waals surface area contributed by atoms with Crippen molar-refractivity contribution >= 4 is 21.4 Å². The molecule has 0 saturated carbocycles. The van der Waals surface area contributed by atoms with Gasteiger partial charge in [-0.25, -0.2) is 8.42 Å². The lowest BCUT2D eigenvalue weighted by Crippen LogP contribution is -2.31. The molecule has 96 valence electrons. The van der Waals surface area contributed by atoms with Crippen LogP contribution in [0.25, 0.3) is 0 Å². The van der Waals surface area contributed by atoms with Gasteiger partial charge < -0.3 is 10.8 Å². The van der Waals surface area contributed by atoms with Crippen molar-refractivity contribution in [2.45, 2.75) is 18.2 Å². The predicted molar refractivity (Wildman–Crippen MR) is 68.6 cm³/mol. The lowest BCUT2D eigenvalue weighted by atomic mass is 10.2. The average Bonchev–Trinajstić information content (AvgIpc) is 2.20. The van der Waals surface area contributed by atoms with Crippen LogP contribution in [-0.4, -0.2) is 31.9 Å². The maximum absolute atomic E-state index is 11.8. The summed E-state index contributed by atoms with van der Waals surface area (Å²) >= 11 is 5.89. The maximum atomic E-state index is 11.8. The fraction of sp³-hybridized carbons (Fsp3) is 0.455. The van der Waals surface area contributed by atoms with Gasteiger partial charge in [0, 0.05) is 17.7 Å². The van der Waals surface area contributed by atoms with Gasteiger partial charge in [0.05, 0.1) is 11.5 Å². The second-order valence-corrected chi connectivity index (χ2v) is 6.43. The Morgan fingerprint density at radius 1 is 1.35 bits per heavy atom. The quantitative estimate of drug-likeness (QED) is 0.812. The minimum Gasteiger partial charge on any atom is -0.396 e. The molecule has 1 atom stereocenters. The van der Waals surface area contributed by atoms with Crippen LogP contribution in [0.2, 0.25) is 5.02 Å². The lowest BCUT2D eigenvalue weighted by molar-refractivity contribution is 0.279. The van der Waals surface area contributed by atoms with E-state index < -0.39 is 15.9 Å². The van der Waals surface area contributed by atoms with E-state index in [1.165, 1.54) is 0 Å². The number of nitrogens with two attached hydrogens (primary N) is 1. The molecule has 0 aliphatic rings. The molecular weight excluding hydrogens is 262 g/mol. The molecule has 0 aliphatic carbocycles. The molecule has 3 N–H and O–H groups in total. The van der Waals surface area contributed by atoms with Crippen LogP contribution >= 0.6 is 11.6 Å². The van der Waals surface area contributed by atoms with Crippen molar-refractivity contribution in [3.63, 3.8) is 0 Å². The number of aliphatic hydroxyl groups is 1. The summed E-state index contributed by atoms with van der Waals surface area (Å²) in [4.78, 5) is 0. The zero-order valence-electron chi connectivity index (χ0n) is 9.34. The van der Waals surface area contributed by atoms with Crippen molar-refractivity contribution < 1.29 is 13.5 Å². The van der Waals surface area contributed by atoms with Gasteiger partial charge in [-0.05, 0) is 18.1 Å². The van der Waals surface area contributed by atoms with Crippen molar-refractivity contribution in [2.24, 2.45) is 5.73 Å². The van der Waals surface area contributed by atoms with Gasteiger partial charge in [-0.2, -0.15) is 0 Å². The lowest BCUT2D eigenvalue weighted by Gasteiger charge is -2.11. The van der Waals surface area contributed by atoms with E-state index in [0.717, 1.165) is 0 Å². The monoisotopic (exact) mass is 277 g/mol. The molecule has 0 amide bonds. The Balaban J connectivity index is 2.70. The SMILES string of the molecule is NC(CCO)CS(=O)(=O)Cc1ccccc1Cl. The molecule has 1 unspecified atom stereocenters. The van der Waals surface area contributed by atoms with Crippen LogP contribution in [0.5, 0.6) is 0 Å². The van der Waals surface area contributed by atoms with Crippen molar-refractivity contribution in [3.8, 4) is 0 Å². The van der Waals surface area contributed by atoms with Crippen LogP contribution in [0.4, 0.5) is 0 Å². The summed E-state index contributed by atoms with van der Waals surface area (Å²) in [5.74, 6) is -0.259. The molecule has 0 spiro atoms. The third-order valence-electron chi connectivity index (χ3n) is 2.30. The van der Waals surface area contributed by atoms with Crippen molar-refractivity contribution in [2.75, 3.05) is 12.4 Å². The van der Waals surface area contributed by atoms with E-state index in [4.69, 9.17) is 22.4 Å². The third kappa shape index (κ3) is 5.04. The molecule has 0 aromatic heterocycles. The molecule has 0 saturated heterocycles. The van der Waals surface area contributed by atoms with Crippen LogP contribution in [-0.2, 0) is 15.6 Å². The van der Waals surface area contributed by atoms with Crippen molar-refractivity contribution in [1.29, 1.82) is 0 Å². The molecule has 1 aromatic carbocycles. The minimum atomic E-state index is -3.30. The number of hydrogen-bond donors (Lipinski definition) is 2. The van der Waals surface area contributed by atoms with E-state index in [1.54, 1.807) is 24.3 Å². The summed E-state index contributed by atoms with van der Waals surface area (Å²) in [5.41, 5.74) is 6.16. The van der Waals surface area contributed by atoms with E-state index in [2.05, 4.69) is 0 Å². The summed E-state index contributed by atoms with van der Waals surface area (Å²) in [7, 11) is -3.30. The van der Waals surface area contributed by atoms with Crippen LogP contribution < -0.4 is 5.73 Å². The number of benzene rings is 1. The fourth-order valence-electron chi connectivity index (χ4n) is 1.49. The van der Waals surface area contributed by atoms with E-state index in [-0.39, 0.29) is 24.5 Å². The zero-order valence-corrected chi connectivity index (χ0v) is 10.9. The summed E-state index contributed by atoms with van der Waals surface area (Å²) in [5, 5.41) is 9.11. The fourth-order valence-corrected chi connectivity index (χ4v) is 3.43. The van der Waals surface area contributed by atoms with Gasteiger partial charge in [0.15, 0.2) is 9.84 Å². The third-order valence-corrected chi connectivity index (χ3v) is 4.36. The number of hydrogen-bond acceptors (Lipinski definition) is 4. The molecule has 4 nitrogen and oxygen atoms in total. The van der Waals surface area contributed by atoms with Crippen LogP contribution in [0.15, 0.2) is 24.3 Å². The second-order valence-electron chi connectivity index (χ2n) is 3.92. The topological polar surface area (TPSA) is 80.4 Å². The highest BCUT2D eigenvalue weighted by Gasteiger charge is 2.17. The predicted octanol–water partition coefficient (Wildman–Crippen LogP) is 0.965. The summed E-state index contributed by atoms with van der Waals surface area (Å²) < 4.78 is 23.6. The van der Waals surface area contributed by atoms with E-state index >= 15 is 0 Å². The van der Waals surface area contributed by atoms with Gasteiger partial charge in [-0.1, -0.05) is 29.8 Å². The van der Waals surface area contributed by atoms with E-state index in [0.29, 0.717) is 10.6 Å². The second kappa shape index (κ2) is 6.35. The standard InChI is InChI=1S/C11H16ClNO3S/c12-11-4-2-1-3-9(11)7-17(15,16)8-10(13)5-6-14/h1-4,10,14H,5-8,13H2. The molecule has 0 bridgehead atoms. The van der Waals surface area contributed by atoms with Crippen LogP contribution in [0.1, 0.15) is 12.0 Å². The summed E-state index contributed by atoms with van der Waals surface area (Å²) in [6.45, 7) is -0.108. The molecule has 0 heterocycles. The first kappa shape index (κ1) is 14.4. The van der Waals surface area contributed by atoms with Gasteiger partial charge in [0.1, 0.15) is 0 Å². The Morgan fingerprint density at radius 2 is 2.00 bits per heavy atom. The highest BCUT2D eigenvalue weighted by Crippen LogP contribution is 2.18. The Morgan fingerprint density at radius 3 is 2.59 bits per heavy atom. The minimum absolute atomic E-state index is 0.108. The molecule has 0 fully saturated rings. The van der Waals surface area contributed by atoms with Gasteiger partial charge in [0.25, 0.3) is 0 Å². The Hall–Kier alpha value is -0.620. The molecule has 0 aliphatic heterocycles. The van der Waals surface area contributed by atoms with Crippen LogP contribution in [0.3, 0.4) is 0 Å². The van der Waals surface area contributed by atoms with Gasteiger partial charge in [-0.15, -0.1) is 0 Å².